The molecule has 1 aliphatic heterocycles. The van der Waals surface area contributed by atoms with Crippen molar-refractivity contribution in [2.45, 2.75) is 32.1 Å². The van der Waals surface area contributed by atoms with Gasteiger partial charge in [-0.25, -0.2) is 0 Å². The third-order valence-electron chi connectivity index (χ3n) is 4.36. The van der Waals surface area contributed by atoms with Crippen molar-refractivity contribution in [3.8, 4) is 6.07 Å². The topological polar surface area (TPSA) is 73.2 Å². The molecule has 1 N–H and O–H groups in total. The largest absolute Gasteiger partial charge is 0.355 e. The minimum Gasteiger partial charge on any atom is -0.355 e. The molecule has 1 aromatic rings. The van der Waals surface area contributed by atoms with Crippen LogP contribution >= 0.6 is 11.6 Å². The summed E-state index contributed by atoms with van der Waals surface area (Å²) in [7, 11) is 0. The number of benzene rings is 1. The highest BCUT2D eigenvalue weighted by atomic mass is 35.5. The van der Waals surface area contributed by atoms with Crippen LogP contribution in [-0.4, -0.2) is 36.3 Å². The van der Waals surface area contributed by atoms with Gasteiger partial charge < -0.3 is 10.2 Å². The highest BCUT2D eigenvalue weighted by molar-refractivity contribution is 6.31. The molecule has 1 aliphatic rings. The number of carbonyl (C=O) groups excluding carboxylic acids is 2. The van der Waals surface area contributed by atoms with E-state index in [0.717, 1.165) is 31.5 Å². The Kier molecular flexibility index (Phi) is 7.07. The molecule has 6 heteroatoms. The molecule has 0 unspecified atom stereocenters. The Labute approximate surface area is 147 Å². The number of hydrogen-bond acceptors (Lipinski definition) is 3. The predicted molar refractivity (Wildman–Crippen MR) is 92.3 cm³/mol. The second kappa shape index (κ2) is 9.29. The highest BCUT2D eigenvalue weighted by Crippen LogP contribution is 2.20. The number of hydrogen-bond donors (Lipinski definition) is 1. The van der Waals surface area contributed by atoms with Crippen LogP contribution in [0, 0.1) is 17.2 Å². The van der Waals surface area contributed by atoms with Crippen LogP contribution in [-0.2, 0) is 16.0 Å². The SMILES string of the molecule is N#CCC(=O)NCC1CCN(C(=O)CCc2ccccc2Cl)CC1. The first kappa shape index (κ1) is 18.3. The van der Waals surface area contributed by atoms with Gasteiger partial charge in [-0.2, -0.15) is 5.26 Å². The fraction of sp³-hybridized carbons (Fsp3) is 0.500. The van der Waals surface area contributed by atoms with Crippen molar-refractivity contribution in [2.24, 2.45) is 5.92 Å². The molecule has 0 atom stereocenters. The lowest BCUT2D eigenvalue weighted by atomic mass is 9.96. The van der Waals surface area contributed by atoms with E-state index >= 15 is 0 Å². The van der Waals surface area contributed by atoms with Gasteiger partial charge in [-0.15, -0.1) is 0 Å². The van der Waals surface area contributed by atoms with Crippen molar-refractivity contribution >= 4 is 23.4 Å². The molecule has 0 aliphatic carbocycles. The second-order valence-corrected chi connectivity index (χ2v) is 6.46. The average Bonchev–Trinajstić information content (AvgIpc) is 2.60. The van der Waals surface area contributed by atoms with Gasteiger partial charge in [-0.05, 0) is 36.8 Å². The van der Waals surface area contributed by atoms with Gasteiger partial charge in [-0.1, -0.05) is 29.8 Å². The number of likely N-dealkylation sites (tertiary alicyclic amines) is 1. The number of amides is 2. The maximum Gasteiger partial charge on any atom is 0.234 e. The van der Waals surface area contributed by atoms with Gasteiger partial charge in [0.25, 0.3) is 0 Å². The Hall–Kier alpha value is -2.06. The summed E-state index contributed by atoms with van der Waals surface area (Å²) in [5, 5.41) is 11.9. The van der Waals surface area contributed by atoms with Crippen molar-refractivity contribution in [2.75, 3.05) is 19.6 Å². The minimum absolute atomic E-state index is 0.0978. The first-order valence-electron chi connectivity index (χ1n) is 8.25. The zero-order chi connectivity index (χ0) is 17.4. The van der Waals surface area contributed by atoms with Crippen LogP contribution in [0.4, 0.5) is 0 Å². The summed E-state index contributed by atoms with van der Waals surface area (Å²) in [4.78, 5) is 25.5. The van der Waals surface area contributed by atoms with Crippen LogP contribution in [0.5, 0.6) is 0 Å². The second-order valence-electron chi connectivity index (χ2n) is 6.05. The number of halogens is 1. The van der Waals surface area contributed by atoms with Crippen LogP contribution < -0.4 is 5.32 Å². The van der Waals surface area contributed by atoms with E-state index in [9.17, 15) is 9.59 Å². The van der Waals surface area contributed by atoms with Crippen molar-refractivity contribution in [1.29, 1.82) is 5.26 Å². The van der Waals surface area contributed by atoms with Crippen LogP contribution in [0.1, 0.15) is 31.2 Å². The number of nitriles is 1. The minimum atomic E-state index is -0.226. The fourth-order valence-corrected chi connectivity index (χ4v) is 3.11. The first-order valence-corrected chi connectivity index (χ1v) is 8.62. The van der Waals surface area contributed by atoms with Gasteiger partial charge in [-0.3, -0.25) is 9.59 Å². The Balaban J connectivity index is 1.70. The highest BCUT2D eigenvalue weighted by Gasteiger charge is 2.22. The number of aryl methyl sites for hydroxylation is 1. The molecule has 1 aromatic carbocycles. The lowest BCUT2D eigenvalue weighted by Gasteiger charge is -2.32. The van der Waals surface area contributed by atoms with Gasteiger partial charge in [0.2, 0.25) is 11.8 Å². The molecule has 1 heterocycles. The van der Waals surface area contributed by atoms with Gasteiger partial charge in [0.05, 0.1) is 6.07 Å². The predicted octanol–water partition coefficient (Wildman–Crippen LogP) is 2.54. The number of nitrogens with zero attached hydrogens (tertiary/aromatic N) is 2. The quantitative estimate of drug-likeness (QED) is 0.859. The summed E-state index contributed by atoms with van der Waals surface area (Å²) in [6, 6.07) is 9.44. The van der Waals surface area contributed by atoms with Gasteiger partial charge in [0.15, 0.2) is 0 Å². The summed E-state index contributed by atoms with van der Waals surface area (Å²) in [6.45, 7) is 2.03. The summed E-state index contributed by atoms with van der Waals surface area (Å²) < 4.78 is 0. The summed E-state index contributed by atoms with van der Waals surface area (Å²) in [5.41, 5.74) is 1.00. The van der Waals surface area contributed by atoms with Gasteiger partial charge in [0.1, 0.15) is 6.42 Å². The van der Waals surface area contributed by atoms with E-state index in [1.807, 2.05) is 35.2 Å². The standard InChI is InChI=1S/C18H22ClN3O2/c19-16-4-2-1-3-15(16)5-6-18(24)22-11-8-14(9-12-22)13-21-17(23)7-10-20/h1-4,14H,5-9,11-13H2,(H,21,23). The van der Waals surface area contributed by atoms with Crippen LogP contribution in [0.25, 0.3) is 0 Å². The van der Waals surface area contributed by atoms with Crippen molar-refractivity contribution in [3.63, 3.8) is 0 Å². The smallest absolute Gasteiger partial charge is 0.234 e. The normalized spacial score (nSPS) is 14.9. The molecular formula is C18H22ClN3O2. The third kappa shape index (κ3) is 5.54. The van der Waals surface area contributed by atoms with Crippen molar-refractivity contribution < 1.29 is 9.59 Å². The number of rotatable bonds is 6. The van der Waals surface area contributed by atoms with Crippen LogP contribution in [0.3, 0.4) is 0 Å². The first-order chi connectivity index (χ1) is 11.6. The van der Waals surface area contributed by atoms with Crippen LogP contribution in [0.15, 0.2) is 24.3 Å². The van der Waals surface area contributed by atoms with Crippen molar-refractivity contribution in [1.82, 2.24) is 10.2 Å². The zero-order valence-corrected chi connectivity index (χ0v) is 14.4. The Morgan fingerprint density at radius 2 is 2.00 bits per heavy atom. The molecule has 128 valence electrons. The van der Waals surface area contributed by atoms with Crippen molar-refractivity contribution in [3.05, 3.63) is 34.9 Å². The van der Waals surface area contributed by atoms with Gasteiger partial charge in [0, 0.05) is 31.1 Å². The molecule has 1 fully saturated rings. The molecule has 24 heavy (non-hydrogen) atoms. The Morgan fingerprint density at radius 3 is 2.67 bits per heavy atom. The monoisotopic (exact) mass is 347 g/mol. The van der Waals surface area contributed by atoms with E-state index in [1.54, 1.807) is 0 Å². The molecule has 0 radical (unpaired) electrons. The number of nitrogens with one attached hydrogen (secondary N) is 1. The van der Waals surface area contributed by atoms with E-state index in [2.05, 4.69) is 5.32 Å². The molecule has 0 bridgehead atoms. The zero-order valence-electron chi connectivity index (χ0n) is 13.6. The van der Waals surface area contributed by atoms with E-state index in [-0.39, 0.29) is 18.2 Å². The lowest BCUT2D eigenvalue weighted by molar-refractivity contribution is -0.132. The molecule has 0 spiro atoms. The summed E-state index contributed by atoms with van der Waals surface area (Å²) in [6.07, 6.45) is 2.78. The Bertz CT molecular complexity index is 619. The molecule has 5 nitrogen and oxygen atoms in total. The maximum atomic E-state index is 12.3. The molecule has 0 aromatic heterocycles. The van der Waals surface area contributed by atoms with Gasteiger partial charge >= 0.3 is 0 Å². The number of piperidine rings is 1. The molecular weight excluding hydrogens is 326 g/mol. The number of carbonyl (C=O) groups is 2. The van der Waals surface area contributed by atoms with E-state index in [1.165, 1.54) is 0 Å². The van der Waals surface area contributed by atoms with Crippen LogP contribution in [0.2, 0.25) is 5.02 Å². The maximum absolute atomic E-state index is 12.3. The summed E-state index contributed by atoms with van der Waals surface area (Å²) in [5.74, 6) is 0.304. The molecule has 0 saturated carbocycles. The lowest BCUT2D eigenvalue weighted by Crippen LogP contribution is -2.41. The van der Waals surface area contributed by atoms with E-state index in [0.29, 0.717) is 30.3 Å². The summed E-state index contributed by atoms with van der Waals surface area (Å²) >= 11 is 6.12. The van der Waals surface area contributed by atoms with E-state index < -0.39 is 0 Å². The van der Waals surface area contributed by atoms with E-state index in [4.69, 9.17) is 16.9 Å². The third-order valence-corrected chi connectivity index (χ3v) is 4.73. The molecule has 1 saturated heterocycles. The Morgan fingerprint density at radius 1 is 1.29 bits per heavy atom. The average molecular weight is 348 g/mol. The molecule has 2 rings (SSSR count). The molecule has 2 amide bonds. The fourth-order valence-electron chi connectivity index (χ4n) is 2.88.